The summed E-state index contributed by atoms with van der Waals surface area (Å²) in [4.78, 5) is 4.26. The average molecular weight is 458 g/mol. The number of nitrogens with zero attached hydrogens (tertiary/aromatic N) is 4. The molecule has 156 valence electrons. The zero-order valence-electron chi connectivity index (χ0n) is 16.9. The van der Waals surface area contributed by atoms with Crippen molar-refractivity contribution in [3.63, 3.8) is 0 Å². The Morgan fingerprint density at radius 3 is 2.53 bits per heavy atom. The van der Waals surface area contributed by atoms with E-state index in [0.717, 1.165) is 49.0 Å². The third-order valence-corrected chi connectivity index (χ3v) is 6.57. The predicted molar refractivity (Wildman–Crippen MR) is 128 cm³/mol. The number of hydrogen-bond acceptors (Lipinski definition) is 5. The lowest BCUT2D eigenvalue weighted by molar-refractivity contribution is 0.415. The summed E-state index contributed by atoms with van der Waals surface area (Å²) in [6.07, 6.45) is 0. The van der Waals surface area contributed by atoms with Crippen LogP contribution in [0.5, 0.6) is 5.75 Å². The first-order valence-corrected chi connectivity index (χ1v) is 11.1. The lowest BCUT2D eigenvalue weighted by Gasteiger charge is -2.04. The number of nitrogens with one attached hydrogen (secondary N) is 1. The Bertz CT molecular complexity index is 1570. The van der Waals surface area contributed by atoms with Gasteiger partial charge in [-0.3, -0.25) is 0 Å². The first-order valence-electron chi connectivity index (χ1n) is 9.95. The SMILES string of the molecule is COc1ccc2[nH]c(-c3nnc4sc(-c5ccc(Cl)cc5)nn34)c(-c3ccccc3)c2c1. The van der Waals surface area contributed by atoms with Crippen LogP contribution in [-0.2, 0) is 0 Å². The van der Waals surface area contributed by atoms with E-state index in [1.807, 2.05) is 60.7 Å². The summed E-state index contributed by atoms with van der Waals surface area (Å²) in [5.74, 6) is 1.45. The van der Waals surface area contributed by atoms with Crippen molar-refractivity contribution in [3.8, 4) is 39.0 Å². The van der Waals surface area contributed by atoms with Gasteiger partial charge in [0.05, 0.1) is 12.8 Å². The van der Waals surface area contributed by atoms with E-state index in [-0.39, 0.29) is 0 Å². The number of rotatable bonds is 4. The molecular weight excluding hydrogens is 442 g/mol. The summed E-state index contributed by atoms with van der Waals surface area (Å²) < 4.78 is 7.27. The Balaban J connectivity index is 1.59. The molecule has 6 rings (SSSR count). The number of aromatic amines is 1. The van der Waals surface area contributed by atoms with E-state index in [1.165, 1.54) is 11.3 Å². The van der Waals surface area contributed by atoms with Crippen LogP contribution in [0.4, 0.5) is 0 Å². The van der Waals surface area contributed by atoms with Crippen LogP contribution in [0.1, 0.15) is 0 Å². The molecular formula is C24H16ClN5OS. The van der Waals surface area contributed by atoms with Crippen molar-refractivity contribution in [1.29, 1.82) is 0 Å². The summed E-state index contributed by atoms with van der Waals surface area (Å²) in [5, 5.41) is 16.3. The highest BCUT2D eigenvalue weighted by molar-refractivity contribution is 7.19. The van der Waals surface area contributed by atoms with E-state index in [1.54, 1.807) is 11.6 Å². The number of hydrogen-bond donors (Lipinski definition) is 1. The van der Waals surface area contributed by atoms with Crippen LogP contribution in [0.2, 0.25) is 5.02 Å². The fourth-order valence-corrected chi connectivity index (χ4v) is 4.82. The second kappa shape index (κ2) is 7.47. The lowest BCUT2D eigenvalue weighted by Crippen LogP contribution is -1.93. The molecule has 0 spiro atoms. The zero-order valence-corrected chi connectivity index (χ0v) is 18.5. The average Bonchev–Trinajstić information content (AvgIpc) is 3.52. The van der Waals surface area contributed by atoms with E-state index in [4.69, 9.17) is 21.4 Å². The first kappa shape index (κ1) is 19.0. The van der Waals surface area contributed by atoms with E-state index in [9.17, 15) is 0 Å². The second-order valence-corrected chi connectivity index (χ2v) is 8.68. The molecule has 8 heteroatoms. The topological polar surface area (TPSA) is 68.1 Å². The van der Waals surface area contributed by atoms with Gasteiger partial charge in [-0.15, -0.1) is 10.2 Å². The van der Waals surface area contributed by atoms with Crippen molar-refractivity contribution < 1.29 is 4.74 Å². The number of ether oxygens (including phenoxy) is 1. The fourth-order valence-electron chi connectivity index (χ4n) is 3.85. The maximum absolute atomic E-state index is 6.04. The van der Waals surface area contributed by atoms with Gasteiger partial charge in [0.1, 0.15) is 10.8 Å². The molecule has 0 unspecified atom stereocenters. The summed E-state index contributed by atoms with van der Waals surface area (Å²) in [6, 6.07) is 23.9. The largest absolute Gasteiger partial charge is 0.497 e. The van der Waals surface area contributed by atoms with E-state index in [0.29, 0.717) is 10.8 Å². The predicted octanol–water partition coefficient (Wildman–Crippen LogP) is 6.33. The summed E-state index contributed by atoms with van der Waals surface area (Å²) >= 11 is 7.53. The molecule has 1 N–H and O–H groups in total. The molecule has 3 aromatic heterocycles. The minimum atomic E-state index is 0.658. The fraction of sp³-hybridized carbons (Fsp3) is 0.0417. The van der Waals surface area contributed by atoms with Gasteiger partial charge in [-0.2, -0.15) is 9.61 Å². The van der Waals surface area contributed by atoms with Crippen LogP contribution in [-0.4, -0.2) is 31.9 Å². The Hall–Kier alpha value is -3.68. The van der Waals surface area contributed by atoms with E-state index >= 15 is 0 Å². The van der Waals surface area contributed by atoms with Gasteiger partial charge >= 0.3 is 0 Å². The van der Waals surface area contributed by atoms with Gasteiger partial charge in [-0.1, -0.05) is 65.4 Å². The highest BCUT2D eigenvalue weighted by Crippen LogP contribution is 2.39. The zero-order chi connectivity index (χ0) is 21.7. The molecule has 0 saturated carbocycles. The minimum absolute atomic E-state index is 0.658. The monoisotopic (exact) mass is 457 g/mol. The van der Waals surface area contributed by atoms with Crippen molar-refractivity contribution in [2.75, 3.05) is 7.11 Å². The van der Waals surface area contributed by atoms with Gasteiger partial charge in [0.15, 0.2) is 0 Å². The van der Waals surface area contributed by atoms with Crippen LogP contribution < -0.4 is 4.74 Å². The molecule has 0 atom stereocenters. The van der Waals surface area contributed by atoms with Gasteiger partial charge in [-0.05, 0) is 35.9 Å². The van der Waals surface area contributed by atoms with Crippen molar-refractivity contribution in [2.24, 2.45) is 0 Å². The van der Waals surface area contributed by atoms with Gasteiger partial charge in [-0.25, -0.2) is 0 Å². The van der Waals surface area contributed by atoms with Crippen LogP contribution in [0.3, 0.4) is 0 Å². The van der Waals surface area contributed by atoms with Gasteiger partial charge in [0.25, 0.3) is 0 Å². The molecule has 0 bridgehead atoms. The smallest absolute Gasteiger partial charge is 0.235 e. The van der Waals surface area contributed by atoms with E-state index in [2.05, 4.69) is 27.3 Å². The normalized spacial score (nSPS) is 11.4. The van der Waals surface area contributed by atoms with Crippen molar-refractivity contribution >= 4 is 38.8 Å². The quantitative estimate of drug-likeness (QED) is 0.336. The van der Waals surface area contributed by atoms with Crippen LogP contribution >= 0.6 is 22.9 Å². The van der Waals surface area contributed by atoms with Gasteiger partial charge in [0, 0.05) is 27.1 Å². The Labute approximate surface area is 192 Å². The molecule has 6 nitrogen and oxygen atoms in total. The maximum atomic E-state index is 6.04. The molecule has 0 aliphatic carbocycles. The third kappa shape index (κ3) is 3.05. The molecule has 6 aromatic rings. The third-order valence-electron chi connectivity index (χ3n) is 5.37. The maximum Gasteiger partial charge on any atom is 0.235 e. The van der Waals surface area contributed by atoms with Crippen molar-refractivity contribution in [3.05, 3.63) is 77.8 Å². The minimum Gasteiger partial charge on any atom is -0.497 e. The first-order chi connectivity index (χ1) is 15.7. The number of benzene rings is 3. The highest BCUT2D eigenvalue weighted by atomic mass is 35.5. The number of H-pyrrole nitrogens is 1. The second-order valence-electron chi connectivity index (χ2n) is 7.28. The molecule has 0 radical (unpaired) electrons. The van der Waals surface area contributed by atoms with Crippen LogP contribution in [0.25, 0.3) is 49.1 Å². The molecule has 0 fully saturated rings. The number of fused-ring (bicyclic) bond motifs is 2. The van der Waals surface area contributed by atoms with Crippen molar-refractivity contribution in [2.45, 2.75) is 0 Å². The molecule has 0 aliphatic rings. The molecule has 3 aromatic carbocycles. The Morgan fingerprint density at radius 1 is 0.938 bits per heavy atom. The van der Waals surface area contributed by atoms with Crippen molar-refractivity contribution in [1.82, 2.24) is 24.8 Å². The van der Waals surface area contributed by atoms with Crippen LogP contribution in [0, 0.1) is 0 Å². The number of methoxy groups -OCH3 is 1. The summed E-state index contributed by atoms with van der Waals surface area (Å²) in [5.41, 5.74) is 4.95. The summed E-state index contributed by atoms with van der Waals surface area (Å²) in [6.45, 7) is 0. The van der Waals surface area contributed by atoms with Crippen LogP contribution in [0.15, 0.2) is 72.8 Å². The van der Waals surface area contributed by atoms with Gasteiger partial charge < -0.3 is 9.72 Å². The Kier molecular flexibility index (Phi) is 4.45. The standard InChI is InChI=1S/C24H16ClN5OS/c1-31-17-11-12-19-18(13-17)20(14-5-3-2-4-6-14)21(26-19)22-27-28-24-30(22)29-23(32-24)15-7-9-16(25)10-8-15/h2-13,26H,1H3. The number of halogens is 1. The molecule has 3 heterocycles. The van der Waals surface area contributed by atoms with E-state index < -0.39 is 0 Å². The molecule has 0 amide bonds. The highest BCUT2D eigenvalue weighted by Gasteiger charge is 2.22. The molecule has 0 saturated heterocycles. The molecule has 32 heavy (non-hydrogen) atoms. The lowest BCUT2D eigenvalue weighted by atomic mass is 10.0. The summed E-state index contributed by atoms with van der Waals surface area (Å²) in [7, 11) is 1.67. The van der Waals surface area contributed by atoms with Gasteiger partial charge in [0.2, 0.25) is 10.8 Å². The molecule has 0 aliphatic heterocycles. The number of aromatic nitrogens is 5. The Morgan fingerprint density at radius 2 is 1.75 bits per heavy atom.